The third-order valence-electron chi connectivity index (χ3n) is 2.34. The van der Waals surface area contributed by atoms with E-state index in [0.717, 1.165) is 16.2 Å². The standard InChI is InChI=1S/C13H13NOS/c1-10-8-11(13(15)16-10)9-14(2)12-6-4-3-5-7-12/h3-9H,1-2H3/b11-9-. The summed E-state index contributed by atoms with van der Waals surface area (Å²) in [4.78, 5) is 14.6. The number of nitrogens with zero attached hydrogens (tertiary/aromatic N) is 1. The molecule has 0 aliphatic carbocycles. The smallest absolute Gasteiger partial charge is 0.225 e. The number of benzene rings is 1. The summed E-state index contributed by atoms with van der Waals surface area (Å²) in [6.45, 7) is 1.95. The van der Waals surface area contributed by atoms with E-state index in [4.69, 9.17) is 0 Å². The van der Waals surface area contributed by atoms with Crippen LogP contribution in [0.25, 0.3) is 0 Å². The van der Waals surface area contributed by atoms with Gasteiger partial charge in [-0.2, -0.15) is 0 Å². The molecular weight excluding hydrogens is 218 g/mol. The molecule has 0 saturated heterocycles. The lowest BCUT2D eigenvalue weighted by Gasteiger charge is -2.14. The molecule has 0 radical (unpaired) electrons. The van der Waals surface area contributed by atoms with Crippen LogP contribution in [0.2, 0.25) is 0 Å². The minimum Gasteiger partial charge on any atom is -0.350 e. The Balaban J connectivity index is 2.22. The number of carbonyl (C=O) groups excluding carboxylic acids is 1. The summed E-state index contributed by atoms with van der Waals surface area (Å²) in [5.41, 5.74) is 1.83. The summed E-state index contributed by atoms with van der Waals surface area (Å²) >= 11 is 1.29. The van der Waals surface area contributed by atoms with Gasteiger partial charge < -0.3 is 4.90 Å². The van der Waals surface area contributed by atoms with Crippen molar-refractivity contribution in [3.05, 3.63) is 53.1 Å². The van der Waals surface area contributed by atoms with Crippen LogP contribution in [0.5, 0.6) is 0 Å². The Hall–Kier alpha value is -1.48. The highest BCUT2D eigenvalue weighted by atomic mass is 32.2. The highest BCUT2D eigenvalue weighted by Gasteiger charge is 2.17. The van der Waals surface area contributed by atoms with Gasteiger partial charge in [0, 0.05) is 24.5 Å². The maximum absolute atomic E-state index is 11.6. The van der Waals surface area contributed by atoms with E-state index in [0.29, 0.717) is 0 Å². The number of hydrogen-bond donors (Lipinski definition) is 0. The van der Waals surface area contributed by atoms with Gasteiger partial charge in [0.05, 0.1) is 0 Å². The quantitative estimate of drug-likeness (QED) is 0.729. The van der Waals surface area contributed by atoms with Gasteiger partial charge in [-0.25, -0.2) is 0 Å². The van der Waals surface area contributed by atoms with Crippen molar-refractivity contribution in [3.8, 4) is 0 Å². The number of carbonyl (C=O) groups is 1. The van der Waals surface area contributed by atoms with Crippen LogP contribution in [0.1, 0.15) is 6.92 Å². The largest absolute Gasteiger partial charge is 0.350 e. The molecule has 1 heterocycles. The zero-order valence-corrected chi connectivity index (χ0v) is 10.1. The Kier molecular flexibility index (Phi) is 3.15. The second-order valence-corrected chi connectivity index (χ2v) is 4.89. The van der Waals surface area contributed by atoms with Crippen LogP contribution in [0.15, 0.2) is 53.1 Å². The third kappa shape index (κ3) is 2.36. The van der Waals surface area contributed by atoms with Crippen molar-refractivity contribution in [2.45, 2.75) is 6.92 Å². The van der Waals surface area contributed by atoms with Crippen molar-refractivity contribution >= 4 is 22.6 Å². The molecule has 3 heteroatoms. The first-order valence-electron chi connectivity index (χ1n) is 5.07. The number of hydrogen-bond acceptors (Lipinski definition) is 3. The van der Waals surface area contributed by atoms with E-state index < -0.39 is 0 Å². The van der Waals surface area contributed by atoms with Gasteiger partial charge in [0.25, 0.3) is 0 Å². The molecule has 1 aromatic rings. The van der Waals surface area contributed by atoms with E-state index in [9.17, 15) is 4.79 Å². The molecule has 0 unspecified atom stereocenters. The van der Waals surface area contributed by atoms with Gasteiger partial charge in [0.15, 0.2) is 0 Å². The first-order chi connectivity index (χ1) is 7.66. The fourth-order valence-corrected chi connectivity index (χ4v) is 2.26. The molecule has 1 aromatic carbocycles. The number of thioether (sulfide) groups is 1. The molecule has 0 bridgehead atoms. The van der Waals surface area contributed by atoms with Crippen molar-refractivity contribution in [2.75, 3.05) is 11.9 Å². The molecule has 16 heavy (non-hydrogen) atoms. The molecule has 0 saturated carbocycles. The summed E-state index contributed by atoms with van der Waals surface area (Å²) in [7, 11) is 1.95. The molecule has 0 N–H and O–H groups in total. The van der Waals surface area contributed by atoms with Crippen molar-refractivity contribution in [2.24, 2.45) is 0 Å². The average molecular weight is 231 g/mol. The molecule has 0 fully saturated rings. The summed E-state index contributed by atoms with van der Waals surface area (Å²) in [5, 5.41) is 0.125. The van der Waals surface area contributed by atoms with E-state index in [-0.39, 0.29) is 5.12 Å². The first kappa shape index (κ1) is 11.0. The van der Waals surface area contributed by atoms with Crippen LogP contribution in [0, 0.1) is 0 Å². The highest BCUT2D eigenvalue weighted by molar-refractivity contribution is 8.17. The summed E-state index contributed by atoms with van der Waals surface area (Å²) in [5.74, 6) is 0. The summed E-state index contributed by atoms with van der Waals surface area (Å²) in [6.07, 6.45) is 3.80. The fraction of sp³-hybridized carbons (Fsp3) is 0.154. The number of anilines is 1. The molecule has 1 aliphatic heterocycles. The molecule has 0 spiro atoms. The van der Waals surface area contributed by atoms with Gasteiger partial charge >= 0.3 is 0 Å². The van der Waals surface area contributed by atoms with Crippen LogP contribution in [0.3, 0.4) is 0 Å². The number of para-hydroxylation sites is 1. The van der Waals surface area contributed by atoms with Crippen LogP contribution < -0.4 is 4.90 Å². The zero-order valence-electron chi connectivity index (χ0n) is 9.31. The molecule has 0 amide bonds. The van der Waals surface area contributed by atoms with E-state index in [1.54, 1.807) is 0 Å². The number of allylic oxidation sites excluding steroid dienone is 2. The normalized spacial score (nSPS) is 17.8. The van der Waals surface area contributed by atoms with Crippen molar-refractivity contribution in [3.63, 3.8) is 0 Å². The van der Waals surface area contributed by atoms with E-state index in [2.05, 4.69) is 0 Å². The van der Waals surface area contributed by atoms with Gasteiger partial charge in [0.2, 0.25) is 5.12 Å². The Morgan fingerprint density at radius 1 is 1.25 bits per heavy atom. The van der Waals surface area contributed by atoms with Crippen LogP contribution in [-0.2, 0) is 4.79 Å². The van der Waals surface area contributed by atoms with Crippen LogP contribution >= 0.6 is 11.8 Å². The molecule has 82 valence electrons. The molecule has 1 aliphatic rings. The molecule has 0 atom stereocenters. The van der Waals surface area contributed by atoms with Gasteiger partial charge in [-0.3, -0.25) is 4.79 Å². The highest BCUT2D eigenvalue weighted by Crippen LogP contribution is 2.30. The van der Waals surface area contributed by atoms with Crippen molar-refractivity contribution in [1.29, 1.82) is 0 Å². The molecule has 0 aromatic heterocycles. The van der Waals surface area contributed by atoms with Crippen molar-refractivity contribution in [1.82, 2.24) is 0 Å². The van der Waals surface area contributed by atoms with Crippen LogP contribution in [-0.4, -0.2) is 12.2 Å². The molecule has 2 rings (SSSR count). The summed E-state index contributed by atoms with van der Waals surface area (Å²) in [6, 6.07) is 9.97. The lowest BCUT2D eigenvalue weighted by molar-refractivity contribution is -0.107. The first-order valence-corrected chi connectivity index (χ1v) is 5.88. The predicted molar refractivity (Wildman–Crippen MR) is 69.3 cm³/mol. The zero-order chi connectivity index (χ0) is 11.5. The van der Waals surface area contributed by atoms with Gasteiger partial charge in [-0.05, 0) is 30.0 Å². The second kappa shape index (κ2) is 4.58. The maximum Gasteiger partial charge on any atom is 0.225 e. The minimum absolute atomic E-state index is 0.125. The monoisotopic (exact) mass is 231 g/mol. The topological polar surface area (TPSA) is 20.3 Å². The molecular formula is C13H13NOS. The Morgan fingerprint density at radius 2 is 1.94 bits per heavy atom. The lowest BCUT2D eigenvalue weighted by Crippen LogP contribution is -2.09. The van der Waals surface area contributed by atoms with E-state index in [1.807, 2.05) is 61.5 Å². The van der Waals surface area contributed by atoms with E-state index >= 15 is 0 Å². The lowest BCUT2D eigenvalue weighted by atomic mass is 10.2. The third-order valence-corrected chi connectivity index (χ3v) is 3.21. The average Bonchev–Trinajstić information content (AvgIpc) is 2.59. The van der Waals surface area contributed by atoms with Gasteiger partial charge in [0.1, 0.15) is 0 Å². The Bertz CT molecular complexity index is 462. The number of rotatable bonds is 2. The predicted octanol–water partition coefficient (Wildman–Crippen LogP) is 3.18. The van der Waals surface area contributed by atoms with Crippen molar-refractivity contribution < 1.29 is 4.79 Å². The van der Waals surface area contributed by atoms with Crippen LogP contribution in [0.4, 0.5) is 5.69 Å². The Labute approximate surface area is 99.6 Å². The second-order valence-electron chi connectivity index (χ2n) is 3.68. The SMILES string of the molecule is CC1=C/C(=C/N(C)c2ccccc2)C(=O)S1. The molecule has 2 nitrogen and oxygen atoms in total. The van der Waals surface area contributed by atoms with E-state index in [1.165, 1.54) is 11.8 Å². The van der Waals surface area contributed by atoms with Gasteiger partial charge in [-0.15, -0.1) is 0 Å². The van der Waals surface area contributed by atoms with Gasteiger partial charge in [-0.1, -0.05) is 30.0 Å². The maximum atomic E-state index is 11.6. The summed E-state index contributed by atoms with van der Waals surface area (Å²) < 4.78 is 0. The fourth-order valence-electron chi connectivity index (χ4n) is 1.55. The Morgan fingerprint density at radius 3 is 2.50 bits per heavy atom. The minimum atomic E-state index is 0.125.